The number of nitrogens with zero attached hydrogens (tertiary/aromatic N) is 2. The Morgan fingerprint density at radius 3 is 3.00 bits per heavy atom. The monoisotopic (exact) mass is 427 g/mol. The van der Waals surface area contributed by atoms with E-state index in [1.807, 2.05) is 24.7 Å². The van der Waals surface area contributed by atoms with E-state index in [0.717, 1.165) is 26.1 Å². The smallest absolute Gasteiger partial charge is 0.338 e. The fraction of sp³-hybridized carbons (Fsp3) is 0.375. The minimum atomic E-state index is -0.636. The van der Waals surface area contributed by atoms with Crippen molar-refractivity contribution in [1.29, 1.82) is 0 Å². The summed E-state index contributed by atoms with van der Waals surface area (Å²) in [6, 6.07) is 5.54. The highest BCUT2D eigenvalue weighted by molar-refractivity contribution is 14.1. The lowest BCUT2D eigenvalue weighted by molar-refractivity contribution is 0.0535. The maximum absolute atomic E-state index is 11.6. The first kappa shape index (κ1) is 16.4. The van der Waals surface area contributed by atoms with Crippen LogP contribution in [-0.4, -0.2) is 27.4 Å². The van der Waals surface area contributed by atoms with Crippen LogP contribution in [0.2, 0.25) is 0 Å². The maximum Gasteiger partial charge on any atom is 0.338 e. The lowest BCUT2D eigenvalue weighted by Crippen LogP contribution is -2.23. The van der Waals surface area contributed by atoms with Gasteiger partial charge in [0.15, 0.2) is 0 Å². The summed E-state index contributed by atoms with van der Waals surface area (Å²) in [6.07, 6.45) is -0.636. The zero-order valence-corrected chi connectivity index (χ0v) is 15.1. The van der Waals surface area contributed by atoms with Crippen LogP contribution in [0.4, 0.5) is 0 Å². The van der Waals surface area contributed by atoms with Gasteiger partial charge in [0.1, 0.15) is 10.3 Å². The number of fused-ring (bicyclic) bond motifs is 1. The van der Waals surface area contributed by atoms with Crippen LogP contribution in [0.1, 0.15) is 38.8 Å². The molecule has 2 N–H and O–H groups in total. The lowest BCUT2D eigenvalue weighted by Gasteiger charge is -2.16. The molecular formula is C16H18IN3O3. The van der Waals surface area contributed by atoms with Crippen molar-refractivity contribution in [1.82, 2.24) is 15.1 Å². The number of aliphatic hydroxyl groups is 1. The highest BCUT2D eigenvalue weighted by Gasteiger charge is 2.25. The summed E-state index contributed by atoms with van der Waals surface area (Å²) in [5, 5.41) is 18.0. The van der Waals surface area contributed by atoms with Crippen molar-refractivity contribution in [3.8, 4) is 0 Å². The molecule has 1 atom stereocenters. The van der Waals surface area contributed by atoms with Crippen LogP contribution >= 0.6 is 22.6 Å². The van der Waals surface area contributed by atoms with E-state index >= 15 is 0 Å². The molecule has 0 saturated heterocycles. The Bertz CT molecular complexity index is 757. The van der Waals surface area contributed by atoms with E-state index in [0.29, 0.717) is 25.3 Å². The van der Waals surface area contributed by atoms with Crippen molar-refractivity contribution in [3.05, 3.63) is 49.8 Å². The minimum Gasteiger partial charge on any atom is -0.457 e. The predicted molar refractivity (Wildman–Crippen MR) is 92.9 cm³/mol. The van der Waals surface area contributed by atoms with E-state index in [9.17, 15) is 9.90 Å². The van der Waals surface area contributed by atoms with Gasteiger partial charge < -0.3 is 15.2 Å². The Kier molecular flexibility index (Phi) is 4.69. The summed E-state index contributed by atoms with van der Waals surface area (Å²) >= 11 is 2.17. The number of halogens is 1. The number of carbonyl (C=O) groups is 1. The van der Waals surface area contributed by atoms with E-state index in [2.05, 4.69) is 33.0 Å². The highest BCUT2D eigenvalue weighted by atomic mass is 127. The van der Waals surface area contributed by atoms with Crippen LogP contribution in [0.25, 0.3) is 0 Å². The van der Waals surface area contributed by atoms with Crippen molar-refractivity contribution in [2.45, 2.75) is 26.2 Å². The number of rotatable bonds is 5. The van der Waals surface area contributed by atoms with Crippen molar-refractivity contribution in [3.63, 3.8) is 0 Å². The number of benzene rings is 1. The summed E-state index contributed by atoms with van der Waals surface area (Å²) in [7, 11) is 1.90. The summed E-state index contributed by atoms with van der Waals surface area (Å²) in [6.45, 7) is 3.27. The Hall–Kier alpha value is -1.45. The molecule has 1 unspecified atom stereocenters. The second-order valence-corrected chi connectivity index (χ2v) is 6.72. The number of aromatic nitrogens is 2. The number of esters is 1. The fourth-order valence-corrected chi connectivity index (χ4v) is 3.49. The molecule has 6 nitrogen and oxygen atoms in total. The van der Waals surface area contributed by atoms with Crippen molar-refractivity contribution < 1.29 is 14.6 Å². The first-order chi connectivity index (χ1) is 11.0. The molecule has 0 fully saturated rings. The minimum absolute atomic E-state index is 0.284. The van der Waals surface area contributed by atoms with Crippen LogP contribution in [0.3, 0.4) is 0 Å². The predicted octanol–water partition coefficient (Wildman–Crippen LogP) is 1.83. The number of aryl methyl sites for hydroxylation is 1. The number of aliphatic hydroxyl groups excluding tert-OH is 1. The van der Waals surface area contributed by atoms with Crippen LogP contribution in [0.5, 0.6) is 0 Å². The zero-order valence-electron chi connectivity index (χ0n) is 13.0. The van der Waals surface area contributed by atoms with Gasteiger partial charge in [-0.3, -0.25) is 4.68 Å². The number of carbonyl (C=O) groups excluding carboxylic acids is 1. The van der Waals surface area contributed by atoms with Gasteiger partial charge in [0.25, 0.3) is 0 Å². The van der Waals surface area contributed by atoms with Gasteiger partial charge in [-0.2, -0.15) is 5.10 Å². The number of hydrogen-bond donors (Lipinski definition) is 2. The third-order valence-corrected chi connectivity index (χ3v) is 4.68. The molecule has 0 spiro atoms. The third-order valence-electron chi connectivity index (χ3n) is 4.16. The Labute approximate surface area is 148 Å². The van der Waals surface area contributed by atoms with Crippen LogP contribution in [-0.2, 0) is 24.9 Å². The van der Waals surface area contributed by atoms with Crippen molar-refractivity contribution in [2.75, 3.05) is 6.54 Å². The molecule has 0 aliphatic carbocycles. The molecule has 122 valence electrons. The van der Waals surface area contributed by atoms with Crippen molar-refractivity contribution >= 4 is 28.6 Å². The molecule has 1 aromatic heterocycles. The van der Waals surface area contributed by atoms with Crippen molar-refractivity contribution in [2.24, 2.45) is 7.05 Å². The van der Waals surface area contributed by atoms with E-state index in [1.54, 1.807) is 12.1 Å². The number of nitrogens with one attached hydrogen (secondary N) is 1. The fourth-order valence-electron chi connectivity index (χ4n) is 2.81. The first-order valence-electron chi connectivity index (χ1n) is 7.34. The second kappa shape index (κ2) is 6.58. The Morgan fingerprint density at radius 1 is 1.52 bits per heavy atom. The van der Waals surface area contributed by atoms with E-state index in [4.69, 9.17) is 4.74 Å². The van der Waals surface area contributed by atoms with Gasteiger partial charge in [-0.1, -0.05) is 6.07 Å². The molecule has 0 amide bonds. The molecule has 0 radical (unpaired) electrons. The molecule has 2 heterocycles. The topological polar surface area (TPSA) is 76.4 Å². The summed E-state index contributed by atoms with van der Waals surface area (Å²) in [5.74, 6) is -0.284. The quantitative estimate of drug-likeness (QED) is 0.563. The summed E-state index contributed by atoms with van der Waals surface area (Å²) in [5.41, 5.74) is 4.31. The van der Waals surface area contributed by atoms with Gasteiger partial charge in [-0.05, 0) is 52.8 Å². The standard InChI is InChI=1S/C16H18IN3O3/c1-9-11(3-4-12-13(9)8-23-16(12)22)14(21)7-18-6-10-5-15(17)19-20(10)2/h3-5,14,18,21H,6-8H2,1-2H3. The van der Waals surface area contributed by atoms with Gasteiger partial charge in [0.05, 0.1) is 17.4 Å². The van der Waals surface area contributed by atoms with Crippen LogP contribution < -0.4 is 5.32 Å². The summed E-state index contributed by atoms with van der Waals surface area (Å²) in [4.78, 5) is 11.6. The Morgan fingerprint density at radius 2 is 2.30 bits per heavy atom. The SMILES string of the molecule is Cc1c(C(O)CNCc2cc(I)nn2C)ccc2c1COC2=O. The van der Waals surface area contributed by atoms with Crippen LogP contribution in [0, 0.1) is 10.6 Å². The molecule has 0 saturated carbocycles. The zero-order chi connectivity index (χ0) is 16.6. The molecule has 1 aromatic carbocycles. The van der Waals surface area contributed by atoms with Gasteiger partial charge in [-0.25, -0.2) is 4.79 Å². The molecule has 2 aromatic rings. The maximum atomic E-state index is 11.6. The number of hydrogen-bond acceptors (Lipinski definition) is 5. The number of ether oxygens (including phenoxy) is 1. The molecule has 0 bridgehead atoms. The van der Waals surface area contributed by atoms with Gasteiger partial charge in [0, 0.05) is 25.7 Å². The molecular weight excluding hydrogens is 409 g/mol. The highest BCUT2D eigenvalue weighted by Crippen LogP contribution is 2.28. The third kappa shape index (κ3) is 3.26. The van der Waals surface area contributed by atoms with Gasteiger partial charge in [-0.15, -0.1) is 0 Å². The van der Waals surface area contributed by atoms with E-state index in [1.165, 1.54) is 0 Å². The molecule has 23 heavy (non-hydrogen) atoms. The Balaban J connectivity index is 1.66. The average Bonchev–Trinajstić information content (AvgIpc) is 3.03. The lowest BCUT2D eigenvalue weighted by atomic mass is 9.95. The summed E-state index contributed by atoms with van der Waals surface area (Å²) < 4.78 is 7.82. The largest absolute Gasteiger partial charge is 0.457 e. The molecule has 3 rings (SSSR count). The van der Waals surface area contributed by atoms with Gasteiger partial charge in [0.2, 0.25) is 0 Å². The molecule has 1 aliphatic heterocycles. The van der Waals surface area contributed by atoms with Crippen LogP contribution in [0.15, 0.2) is 18.2 Å². The second-order valence-electron chi connectivity index (χ2n) is 5.61. The van der Waals surface area contributed by atoms with Gasteiger partial charge >= 0.3 is 5.97 Å². The number of cyclic esters (lactones) is 1. The van der Waals surface area contributed by atoms with E-state index in [-0.39, 0.29) is 5.97 Å². The molecule has 1 aliphatic rings. The normalized spacial score (nSPS) is 14.7. The first-order valence-corrected chi connectivity index (χ1v) is 8.42. The molecule has 7 heteroatoms. The average molecular weight is 427 g/mol. The van der Waals surface area contributed by atoms with E-state index < -0.39 is 6.10 Å².